The summed E-state index contributed by atoms with van der Waals surface area (Å²) < 4.78 is 12.2. The van der Waals surface area contributed by atoms with Crippen molar-refractivity contribution in [2.45, 2.75) is 65.5 Å². The van der Waals surface area contributed by atoms with Gasteiger partial charge in [-0.3, -0.25) is 24.5 Å². The summed E-state index contributed by atoms with van der Waals surface area (Å²) >= 11 is 3.56. The number of unbranched alkanes of at least 4 members (excludes halogenated alkanes) is 2. The van der Waals surface area contributed by atoms with Crippen molar-refractivity contribution < 1.29 is 28.4 Å². The highest BCUT2D eigenvalue weighted by molar-refractivity contribution is 9.10. The largest absolute Gasteiger partial charge is 0.372 e. The van der Waals surface area contributed by atoms with Gasteiger partial charge in [-0.1, -0.05) is 39.3 Å². The van der Waals surface area contributed by atoms with Crippen molar-refractivity contribution in [1.29, 1.82) is 0 Å². The number of carbonyl (C=O) groups excluding carboxylic acids is 4. The van der Waals surface area contributed by atoms with E-state index < -0.39 is 11.9 Å². The van der Waals surface area contributed by atoms with Crippen LogP contribution >= 0.6 is 15.9 Å². The van der Waals surface area contributed by atoms with Gasteiger partial charge in [0.25, 0.3) is 5.91 Å². The molecule has 4 amide bonds. The van der Waals surface area contributed by atoms with E-state index in [9.17, 15) is 19.2 Å². The van der Waals surface area contributed by atoms with Crippen molar-refractivity contribution in [2.24, 2.45) is 0 Å². The van der Waals surface area contributed by atoms with Crippen molar-refractivity contribution in [3.05, 3.63) is 93.3 Å². The summed E-state index contributed by atoms with van der Waals surface area (Å²) in [6.07, 6.45) is 3.06. The van der Waals surface area contributed by atoms with Gasteiger partial charge in [-0.25, -0.2) is 0 Å². The Morgan fingerprint density at radius 3 is 2.60 bits per heavy atom. The molecule has 1 fully saturated rings. The zero-order chi connectivity index (χ0) is 35.4. The Bertz CT molecular complexity index is 1900. The molecule has 0 aliphatic carbocycles. The van der Waals surface area contributed by atoms with Gasteiger partial charge < -0.3 is 24.4 Å². The van der Waals surface area contributed by atoms with Crippen LogP contribution < -0.4 is 15.5 Å². The summed E-state index contributed by atoms with van der Waals surface area (Å²) in [6, 6.07) is 19.2. The van der Waals surface area contributed by atoms with Gasteiger partial charge in [-0.15, -0.1) is 0 Å². The van der Waals surface area contributed by atoms with Gasteiger partial charge in [0, 0.05) is 64.3 Å². The number of aromatic nitrogens is 1. The van der Waals surface area contributed by atoms with E-state index in [-0.39, 0.29) is 43.7 Å². The third kappa shape index (κ3) is 7.66. The second kappa shape index (κ2) is 15.4. The van der Waals surface area contributed by atoms with Crippen LogP contribution in [0.5, 0.6) is 0 Å². The van der Waals surface area contributed by atoms with Crippen molar-refractivity contribution in [1.82, 2.24) is 15.4 Å². The molecule has 260 valence electrons. The molecule has 1 atom stereocenters. The first-order valence-electron chi connectivity index (χ1n) is 16.8. The maximum atomic E-state index is 13.1. The number of nitrogens with zero attached hydrogens (tertiary/aromatic N) is 3. The Morgan fingerprint density at radius 2 is 1.86 bits per heavy atom. The predicted octanol–water partition coefficient (Wildman–Crippen LogP) is 6.75. The first-order chi connectivity index (χ1) is 24.1. The molecule has 3 aromatic carbocycles. The number of amides is 4. The second-order valence-electron chi connectivity index (χ2n) is 12.7. The monoisotopic (exact) mass is 741 g/mol. The van der Waals surface area contributed by atoms with E-state index >= 15 is 0 Å². The van der Waals surface area contributed by atoms with Crippen molar-refractivity contribution in [2.75, 3.05) is 30.0 Å². The fourth-order valence-electron chi connectivity index (χ4n) is 6.67. The van der Waals surface area contributed by atoms with E-state index in [2.05, 4.69) is 73.9 Å². The molecule has 3 heterocycles. The number of imide groups is 1. The third-order valence-corrected chi connectivity index (χ3v) is 9.75. The first-order valence-corrected chi connectivity index (χ1v) is 17.6. The minimum Gasteiger partial charge on any atom is -0.372 e. The number of hydrogen-bond donors (Lipinski definition) is 2. The van der Waals surface area contributed by atoms with Crippen LogP contribution in [0.25, 0.3) is 11.1 Å². The zero-order valence-electron chi connectivity index (χ0n) is 28.4. The fraction of sp³-hybridized carbons (Fsp3) is 0.342. The van der Waals surface area contributed by atoms with Crippen LogP contribution in [0.3, 0.4) is 0 Å². The van der Waals surface area contributed by atoms with Gasteiger partial charge in [0.05, 0.1) is 5.69 Å². The van der Waals surface area contributed by atoms with Crippen molar-refractivity contribution in [3.63, 3.8) is 0 Å². The van der Waals surface area contributed by atoms with Gasteiger partial charge in [-0.2, -0.15) is 0 Å². The van der Waals surface area contributed by atoms with Gasteiger partial charge >= 0.3 is 0 Å². The molecule has 50 heavy (non-hydrogen) atoms. The van der Waals surface area contributed by atoms with Crippen LogP contribution in [0.4, 0.5) is 17.1 Å². The lowest BCUT2D eigenvalue weighted by Crippen LogP contribution is -2.52. The molecule has 6 rings (SSSR count). The number of nitrogens with one attached hydrogen (secondary N) is 2. The molecule has 0 radical (unpaired) electrons. The highest BCUT2D eigenvalue weighted by Gasteiger charge is 2.40. The smallest absolute Gasteiger partial charge is 0.255 e. The number of fused-ring (bicyclic) bond motifs is 1. The van der Waals surface area contributed by atoms with Crippen molar-refractivity contribution in [3.8, 4) is 11.1 Å². The van der Waals surface area contributed by atoms with Gasteiger partial charge in [0.1, 0.15) is 18.4 Å². The lowest BCUT2D eigenvalue weighted by Gasteiger charge is -2.29. The van der Waals surface area contributed by atoms with Crippen LogP contribution in [0.2, 0.25) is 0 Å². The van der Waals surface area contributed by atoms with E-state index in [0.717, 1.165) is 69.8 Å². The van der Waals surface area contributed by atoms with Crippen molar-refractivity contribution >= 4 is 56.6 Å². The number of ether oxygens (including phenoxy) is 1. The standard InChI is InChI=1S/C38H40BrN5O6/c1-23-10-11-26(36-24(2)42-50-25(36)3)20-33(23)43(28-14-12-27(39)13-15-28)18-5-4-6-19-49-22-35(46)40-31-9-7-8-29-30(31)21-44(38(29)48)32-16-17-34(45)41-37(32)47/h7-15,20,32H,4-6,16-19,21-22H2,1-3H3,(H,40,46)(H,41,45,47). The summed E-state index contributed by atoms with van der Waals surface area (Å²) in [5.41, 5.74) is 7.92. The summed E-state index contributed by atoms with van der Waals surface area (Å²) in [7, 11) is 0. The molecule has 0 spiro atoms. The third-order valence-electron chi connectivity index (χ3n) is 9.22. The van der Waals surface area contributed by atoms with E-state index in [1.54, 1.807) is 18.2 Å². The number of piperidine rings is 1. The zero-order valence-corrected chi connectivity index (χ0v) is 30.0. The quantitative estimate of drug-likeness (QED) is 0.114. The molecular weight excluding hydrogens is 702 g/mol. The molecule has 2 aliphatic heterocycles. The van der Waals surface area contributed by atoms with Gasteiger partial charge in [0.2, 0.25) is 17.7 Å². The Labute approximate surface area is 299 Å². The maximum Gasteiger partial charge on any atom is 0.255 e. The molecule has 2 aliphatic rings. The molecule has 0 bridgehead atoms. The van der Waals surface area contributed by atoms with Crippen LogP contribution in [-0.4, -0.2) is 59.5 Å². The molecule has 0 saturated carbocycles. The molecule has 1 unspecified atom stereocenters. The number of aryl methyl sites for hydroxylation is 3. The average molecular weight is 743 g/mol. The SMILES string of the molecule is Cc1ccc(-c2c(C)noc2C)cc1N(CCCCCOCC(=O)Nc1cccc2c1CN(C1CCC(=O)NC1=O)C2=O)c1ccc(Br)cc1. The summed E-state index contributed by atoms with van der Waals surface area (Å²) in [4.78, 5) is 53.7. The Hall–Kier alpha value is -4.81. The minimum absolute atomic E-state index is 0.118. The van der Waals surface area contributed by atoms with Crippen LogP contribution in [-0.2, 0) is 25.7 Å². The highest BCUT2D eigenvalue weighted by atomic mass is 79.9. The number of anilines is 3. The lowest BCUT2D eigenvalue weighted by molar-refractivity contribution is -0.137. The van der Waals surface area contributed by atoms with E-state index in [0.29, 0.717) is 23.4 Å². The number of rotatable bonds is 13. The summed E-state index contributed by atoms with van der Waals surface area (Å²) in [5.74, 6) is -0.624. The average Bonchev–Trinajstić information content (AvgIpc) is 3.61. The van der Waals surface area contributed by atoms with Crippen LogP contribution in [0, 0.1) is 20.8 Å². The summed E-state index contributed by atoms with van der Waals surface area (Å²) in [6.45, 7) is 7.29. The van der Waals surface area contributed by atoms with E-state index in [1.165, 1.54) is 4.90 Å². The molecular formula is C38H40BrN5O6. The van der Waals surface area contributed by atoms with Crippen LogP contribution in [0.15, 0.2) is 69.7 Å². The normalized spacial score (nSPS) is 15.6. The Morgan fingerprint density at radius 1 is 1.06 bits per heavy atom. The molecule has 12 heteroatoms. The van der Waals surface area contributed by atoms with E-state index in [4.69, 9.17) is 9.26 Å². The van der Waals surface area contributed by atoms with E-state index in [1.807, 2.05) is 26.0 Å². The molecule has 4 aromatic rings. The molecule has 11 nitrogen and oxygen atoms in total. The minimum atomic E-state index is -0.719. The Kier molecular flexibility index (Phi) is 10.8. The molecule has 2 N–H and O–H groups in total. The fourth-order valence-corrected chi connectivity index (χ4v) is 6.93. The highest BCUT2D eigenvalue weighted by Crippen LogP contribution is 2.36. The summed E-state index contributed by atoms with van der Waals surface area (Å²) in [5, 5.41) is 9.33. The number of hydrogen-bond acceptors (Lipinski definition) is 8. The second-order valence-corrected chi connectivity index (χ2v) is 13.6. The van der Waals surface area contributed by atoms with Gasteiger partial charge in [-0.05, 0) is 100 Å². The Balaban J connectivity index is 1.01. The first kappa shape index (κ1) is 35.0. The number of carbonyl (C=O) groups is 4. The van der Waals surface area contributed by atoms with Gasteiger partial charge in [0.15, 0.2) is 0 Å². The number of halogens is 1. The molecule has 1 saturated heterocycles. The predicted molar refractivity (Wildman–Crippen MR) is 193 cm³/mol. The maximum absolute atomic E-state index is 13.1. The number of benzene rings is 3. The van der Waals surface area contributed by atoms with Crippen LogP contribution in [0.1, 0.15) is 65.0 Å². The topological polar surface area (TPSA) is 134 Å². The molecule has 1 aromatic heterocycles. The lowest BCUT2D eigenvalue weighted by atomic mass is 10.0.